The summed E-state index contributed by atoms with van der Waals surface area (Å²) in [6.07, 6.45) is 3.13. The van der Waals surface area contributed by atoms with Gasteiger partial charge in [0.1, 0.15) is 0 Å². The molecule has 0 saturated heterocycles. The maximum atomic E-state index is 6.06. The topological polar surface area (TPSA) is 51.8 Å². The molecule has 2 N–H and O–H groups in total. The van der Waals surface area contributed by atoms with Gasteiger partial charge < -0.3 is 5.73 Å². The standard InChI is InChI=1S/C10H6Cl3N3/c11-6-1-7(9(13)8(12)2-6)5-3-15-10(14)16-4-5/h1-4H,(H2,14,15,16). The lowest BCUT2D eigenvalue weighted by Crippen LogP contribution is -1.94. The fraction of sp³-hybridized carbons (Fsp3) is 0. The van der Waals surface area contributed by atoms with Gasteiger partial charge in [-0.15, -0.1) is 0 Å². The molecule has 1 heterocycles. The highest BCUT2D eigenvalue weighted by Gasteiger charge is 2.09. The Labute approximate surface area is 107 Å². The molecule has 0 spiro atoms. The van der Waals surface area contributed by atoms with Gasteiger partial charge in [-0.05, 0) is 12.1 Å². The van der Waals surface area contributed by atoms with Crippen molar-refractivity contribution in [2.75, 3.05) is 5.73 Å². The molecule has 0 radical (unpaired) electrons. The monoisotopic (exact) mass is 273 g/mol. The van der Waals surface area contributed by atoms with Gasteiger partial charge >= 0.3 is 0 Å². The quantitative estimate of drug-likeness (QED) is 0.807. The van der Waals surface area contributed by atoms with E-state index < -0.39 is 0 Å². The maximum absolute atomic E-state index is 6.06. The molecule has 16 heavy (non-hydrogen) atoms. The molecule has 0 saturated carbocycles. The molecule has 0 atom stereocenters. The Morgan fingerprint density at radius 3 is 2.25 bits per heavy atom. The van der Waals surface area contributed by atoms with Crippen molar-refractivity contribution in [3.05, 3.63) is 39.6 Å². The van der Waals surface area contributed by atoms with Crippen LogP contribution in [-0.4, -0.2) is 9.97 Å². The molecule has 6 heteroatoms. The van der Waals surface area contributed by atoms with E-state index in [1.807, 2.05) is 0 Å². The molecule has 0 bridgehead atoms. The van der Waals surface area contributed by atoms with Crippen molar-refractivity contribution >= 4 is 40.8 Å². The second kappa shape index (κ2) is 4.45. The number of nitrogens with zero attached hydrogens (tertiary/aromatic N) is 2. The Morgan fingerprint density at radius 2 is 1.62 bits per heavy atom. The van der Waals surface area contributed by atoms with Crippen molar-refractivity contribution in [2.24, 2.45) is 0 Å². The van der Waals surface area contributed by atoms with Crippen LogP contribution in [0.25, 0.3) is 11.1 Å². The summed E-state index contributed by atoms with van der Waals surface area (Å²) in [5, 5.41) is 1.31. The maximum Gasteiger partial charge on any atom is 0.219 e. The minimum absolute atomic E-state index is 0.202. The fourth-order valence-corrected chi connectivity index (χ4v) is 1.95. The number of rotatable bonds is 1. The third-order valence-electron chi connectivity index (χ3n) is 1.98. The molecule has 0 amide bonds. The summed E-state index contributed by atoms with van der Waals surface area (Å²) in [5.74, 6) is 0.202. The van der Waals surface area contributed by atoms with Crippen LogP contribution in [0.1, 0.15) is 0 Å². The average Bonchev–Trinajstić information content (AvgIpc) is 2.25. The number of halogens is 3. The molecule has 2 rings (SSSR count). The summed E-state index contributed by atoms with van der Waals surface area (Å²) in [7, 11) is 0. The highest BCUT2D eigenvalue weighted by molar-refractivity contribution is 6.45. The van der Waals surface area contributed by atoms with Gasteiger partial charge in [0.25, 0.3) is 0 Å². The molecule has 0 aliphatic heterocycles. The van der Waals surface area contributed by atoms with Crippen molar-refractivity contribution in [3.8, 4) is 11.1 Å². The summed E-state index contributed by atoms with van der Waals surface area (Å²) < 4.78 is 0. The van der Waals surface area contributed by atoms with Crippen LogP contribution in [0, 0.1) is 0 Å². The minimum Gasteiger partial charge on any atom is -0.368 e. The van der Waals surface area contributed by atoms with E-state index in [9.17, 15) is 0 Å². The van der Waals surface area contributed by atoms with Crippen molar-refractivity contribution in [3.63, 3.8) is 0 Å². The molecule has 0 aliphatic carbocycles. The van der Waals surface area contributed by atoms with E-state index in [0.29, 0.717) is 26.2 Å². The van der Waals surface area contributed by atoms with Crippen LogP contribution in [0.3, 0.4) is 0 Å². The van der Waals surface area contributed by atoms with Crippen LogP contribution in [0.2, 0.25) is 15.1 Å². The molecule has 1 aromatic carbocycles. The highest BCUT2D eigenvalue weighted by Crippen LogP contribution is 2.35. The predicted octanol–water partition coefficient (Wildman–Crippen LogP) is 3.69. The lowest BCUT2D eigenvalue weighted by Gasteiger charge is -2.06. The van der Waals surface area contributed by atoms with Crippen molar-refractivity contribution in [1.29, 1.82) is 0 Å². The third-order valence-corrected chi connectivity index (χ3v) is 3.00. The molecule has 0 aliphatic rings. The molecular weight excluding hydrogens is 268 g/mol. The van der Waals surface area contributed by atoms with E-state index >= 15 is 0 Å². The zero-order valence-electron chi connectivity index (χ0n) is 7.92. The van der Waals surface area contributed by atoms with E-state index in [1.54, 1.807) is 24.5 Å². The summed E-state index contributed by atoms with van der Waals surface area (Å²) >= 11 is 17.9. The summed E-state index contributed by atoms with van der Waals surface area (Å²) in [6.45, 7) is 0. The van der Waals surface area contributed by atoms with E-state index in [-0.39, 0.29) is 5.95 Å². The first kappa shape index (κ1) is 11.5. The number of hydrogen-bond acceptors (Lipinski definition) is 3. The largest absolute Gasteiger partial charge is 0.368 e. The molecular formula is C10H6Cl3N3. The minimum atomic E-state index is 0.202. The van der Waals surface area contributed by atoms with E-state index in [0.717, 1.165) is 0 Å². The SMILES string of the molecule is Nc1ncc(-c2cc(Cl)cc(Cl)c2Cl)cn1. The highest BCUT2D eigenvalue weighted by atomic mass is 35.5. The first-order valence-electron chi connectivity index (χ1n) is 4.30. The molecule has 0 unspecified atom stereocenters. The lowest BCUT2D eigenvalue weighted by molar-refractivity contribution is 1.19. The number of aromatic nitrogens is 2. The van der Waals surface area contributed by atoms with E-state index in [2.05, 4.69) is 9.97 Å². The normalized spacial score (nSPS) is 10.4. The molecule has 0 fully saturated rings. The molecule has 2 aromatic rings. The predicted molar refractivity (Wildman–Crippen MR) is 66.9 cm³/mol. The van der Waals surface area contributed by atoms with Crippen molar-refractivity contribution in [2.45, 2.75) is 0 Å². The van der Waals surface area contributed by atoms with E-state index in [1.165, 1.54) is 0 Å². The Bertz CT molecular complexity index is 526. The third kappa shape index (κ3) is 2.21. The van der Waals surface area contributed by atoms with Crippen molar-refractivity contribution in [1.82, 2.24) is 9.97 Å². The summed E-state index contributed by atoms with van der Waals surface area (Å²) in [5.41, 5.74) is 6.79. The Morgan fingerprint density at radius 1 is 1.00 bits per heavy atom. The van der Waals surface area contributed by atoms with Crippen LogP contribution < -0.4 is 5.73 Å². The summed E-state index contributed by atoms with van der Waals surface area (Å²) in [6, 6.07) is 3.28. The second-order valence-electron chi connectivity index (χ2n) is 3.08. The van der Waals surface area contributed by atoms with Crippen LogP contribution in [-0.2, 0) is 0 Å². The van der Waals surface area contributed by atoms with E-state index in [4.69, 9.17) is 40.5 Å². The number of nitrogens with two attached hydrogens (primary N) is 1. The second-order valence-corrected chi connectivity index (χ2v) is 4.30. The van der Waals surface area contributed by atoms with Gasteiger partial charge in [-0.3, -0.25) is 0 Å². The molecule has 82 valence electrons. The first-order valence-corrected chi connectivity index (χ1v) is 5.44. The number of anilines is 1. The number of benzene rings is 1. The van der Waals surface area contributed by atoms with Gasteiger partial charge in [0.05, 0.1) is 10.0 Å². The van der Waals surface area contributed by atoms with Gasteiger partial charge in [0, 0.05) is 28.5 Å². The van der Waals surface area contributed by atoms with Crippen LogP contribution in [0.15, 0.2) is 24.5 Å². The Balaban J connectivity index is 2.59. The van der Waals surface area contributed by atoms with Crippen LogP contribution in [0.5, 0.6) is 0 Å². The number of hydrogen-bond donors (Lipinski definition) is 1. The van der Waals surface area contributed by atoms with Crippen molar-refractivity contribution < 1.29 is 0 Å². The molecule has 1 aromatic heterocycles. The Kier molecular flexibility index (Phi) is 3.19. The zero-order valence-corrected chi connectivity index (χ0v) is 10.2. The lowest BCUT2D eigenvalue weighted by atomic mass is 10.1. The fourth-order valence-electron chi connectivity index (χ4n) is 1.24. The van der Waals surface area contributed by atoms with Gasteiger partial charge in [0.2, 0.25) is 5.95 Å². The Hall–Kier alpha value is -1.03. The molecule has 3 nitrogen and oxygen atoms in total. The van der Waals surface area contributed by atoms with Gasteiger partial charge in [-0.25, -0.2) is 9.97 Å². The number of nitrogen functional groups attached to an aromatic ring is 1. The summed E-state index contributed by atoms with van der Waals surface area (Å²) in [4.78, 5) is 7.76. The van der Waals surface area contributed by atoms with Crippen LogP contribution >= 0.6 is 34.8 Å². The van der Waals surface area contributed by atoms with Crippen LogP contribution in [0.4, 0.5) is 5.95 Å². The van der Waals surface area contributed by atoms with Gasteiger partial charge in [-0.1, -0.05) is 34.8 Å². The van der Waals surface area contributed by atoms with Gasteiger partial charge in [0.15, 0.2) is 0 Å². The zero-order chi connectivity index (χ0) is 11.7. The average molecular weight is 275 g/mol. The van der Waals surface area contributed by atoms with Gasteiger partial charge in [-0.2, -0.15) is 0 Å². The smallest absolute Gasteiger partial charge is 0.219 e. The first-order chi connectivity index (χ1) is 7.58.